The minimum Gasteiger partial charge on any atom is -0.493 e. The third-order valence-electron chi connectivity index (χ3n) is 3.13. The molecule has 0 heterocycles. The van der Waals surface area contributed by atoms with E-state index < -0.39 is 6.04 Å². The van der Waals surface area contributed by atoms with Crippen LogP contribution in [0, 0.1) is 0 Å². The van der Waals surface area contributed by atoms with Gasteiger partial charge in [-0.25, -0.2) is 0 Å². The van der Waals surface area contributed by atoms with E-state index in [0.29, 0.717) is 24.5 Å². The van der Waals surface area contributed by atoms with E-state index in [9.17, 15) is 4.79 Å². The number of carbonyl (C=O) groups excluding carboxylic acids is 1. The predicted octanol–water partition coefficient (Wildman–Crippen LogP) is 1.44. The molecule has 1 rings (SSSR count). The van der Waals surface area contributed by atoms with Gasteiger partial charge in [-0.1, -0.05) is 6.07 Å². The number of rotatable bonds is 9. The maximum Gasteiger partial charge on any atom is 0.236 e. The maximum atomic E-state index is 11.8. The first-order chi connectivity index (χ1) is 10.1. The zero-order valence-corrected chi connectivity index (χ0v) is 13.7. The highest BCUT2D eigenvalue weighted by atomic mass is 32.2. The number of benzene rings is 1. The molecular weight excluding hydrogens is 288 g/mol. The molecule has 0 bridgehead atoms. The van der Waals surface area contributed by atoms with Crippen molar-refractivity contribution in [3.63, 3.8) is 0 Å². The second-order valence-electron chi connectivity index (χ2n) is 4.62. The van der Waals surface area contributed by atoms with E-state index in [1.807, 2.05) is 24.5 Å². The number of nitrogens with two attached hydrogens (primary N) is 1. The highest BCUT2D eigenvalue weighted by Gasteiger charge is 2.12. The van der Waals surface area contributed by atoms with Crippen molar-refractivity contribution in [3.05, 3.63) is 23.8 Å². The van der Waals surface area contributed by atoms with Gasteiger partial charge in [0.05, 0.1) is 20.3 Å². The Kier molecular flexibility index (Phi) is 8.00. The zero-order valence-electron chi connectivity index (χ0n) is 12.8. The number of nitrogens with one attached hydrogen (secondary N) is 1. The van der Waals surface area contributed by atoms with Crippen LogP contribution in [0.25, 0.3) is 0 Å². The molecule has 0 aliphatic carbocycles. The molecular formula is C15H24N2O3S. The third kappa shape index (κ3) is 5.85. The van der Waals surface area contributed by atoms with E-state index in [-0.39, 0.29) is 5.91 Å². The summed E-state index contributed by atoms with van der Waals surface area (Å²) in [5.41, 5.74) is 6.88. The van der Waals surface area contributed by atoms with Crippen molar-refractivity contribution in [2.45, 2.75) is 18.9 Å². The molecule has 0 unspecified atom stereocenters. The standard InChI is InChI=1S/C15H24N2O3S/c1-19-13-5-4-11(10-14(13)20-2)6-8-17-15(18)12(16)7-9-21-3/h4-5,10,12H,6-9,16H2,1-3H3,(H,17,18)/t12-/m1/s1. The van der Waals surface area contributed by atoms with Crippen LogP contribution in [0.15, 0.2) is 18.2 Å². The van der Waals surface area contributed by atoms with E-state index in [2.05, 4.69) is 5.32 Å². The SMILES string of the molecule is COc1ccc(CCNC(=O)[C@H](N)CCSC)cc1OC. The first-order valence-electron chi connectivity index (χ1n) is 6.85. The van der Waals surface area contributed by atoms with Gasteiger partial charge in [0.1, 0.15) is 0 Å². The lowest BCUT2D eigenvalue weighted by Gasteiger charge is -2.12. The molecule has 0 saturated carbocycles. The third-order valence-corrected chi connectivity index (χ3v) is 3.77. The summed E-state index contributed by atoms with van der Waals surface area (Å²) in [4.78, 5) is 11.8. The smallest absolute Gasteiger partial charge is 0.236 e. The Bertz CT molecular complexity index is 455. The van der Waals surface area contributed by atoms with Crippen molar-refractivity contribution >= 4 is 17.7 Å². The van der Waals surface area contributed by atoms with Gasteiger partial charge in [0.15, 0.2) is 11.5 Å². The average molecular weight is 312 g/mol. The molecule has 5 nitrogen and oxygen atoms in total. The lowest BCUT2D eigenvalue weighted by molar-refractivity contribution is -0.122. The first kappa shape index (κ1) is 17.7. The molecule has 1 aromatic carbocycles. The summed E-state index contributed by atoms with van der Waals surface area (Å²) >= 11 is 1.69. The van der Waals surface area contributed by atoms with E-state index in [1.54, 1.807) is 26.0 Å². The summed E-state index contributed by atoms with van der Waals surface area (Å²) in [5, 5.41) is 2.86. The molecule has 0 fully saturated rings. The zero-order chi connectivity index (χ0) is 15.7. The number of hydrogen-bond donors (Lipinski definition) is 2. The molecule has 21 heavy (non-hydrogen) atoms. The monoisotopic (exact) mass is 312 g/mol. The van der Waals surface area contributed by atoms with Gasteiger partial charge in [-0.15, -0.1) is 0 Å². The van der Waals surface area contributed by atoms with Gasteiger partial charge in [-0.2, -0.15) is 11.8 Å². The van der Waals surface area contributed by atoms with Crippen molar-refractivity contribution in [2.24, 2.45) is 5.73 Å². The van der Waals surface area contributed by atoms with E-state index in [1.165, 1.54) is 0 Å². The molecule has 0 radical (unpaired) electrons. The molecule has 6 heteroatoms. The maximum absolute atomic E-state index is 11.8. The summed E-state index contributed by atoms with van der Waals surface area (Å²) in [5.74, 6) is 2.19. The van der Waals surface area contributed by atoms with Crippen LogP contribution in [-0.4, -0.2) is 44.7 Å². The van der Waals surface area contributed by atoms with E-state index in [0.717, 1.165) is 17.7 Å². The Balaban J connectivity index is 2.43. The number of carbonyl (C=O) groups is 1. The van der Waals surface area contributed by atoms with E-state index in [4.69, 9.17) is 15.2 Å². The lowest BCUT2D eigenvalue weighted by Crippen LogP contribution is -2.41. The second-order valence-corrected chi connectivity index (χ2v) is 5.60. The number of amides is 1. The minimum atomic E-state index is -0.428. The number of methoxy groups -OCH3 is 2. The second kappa shape index (κ2) is 9.52. The Morgan fingerprint density at radius 3 is 2.67 bits per heavy atom. The molecule has 0 aromatic heterocycles. The van der Waals surface area contributed by atoms with Crippen molar-refractivity contribution in [1.29, 1.82) is 0 Å². The Hall–Kier alpha value is -1.40. The average Bonchev–Trinajstić information content (AvgIpc) is 2.52. The topological polar surface area (TPSA) is 73.6 Å². The molecule has 0 saturated heterocycles. The molecule has 1 aromatic rings. The normalized spacial score (nSPS) is 11.8. The van der Waals surface area contributed by atoms with Gasteiger partial charge in [0.2, 0.25) is 5.91 Å². The van der Waals surface area contributed by atoms with Crippen molar-refractivity contribution in [2.75, 3.05) is 32.8 Å². The van der Waals surface area contributed by atoms with Gasteiger partial charge in [-0.05, 0) is 42.5 Å². The molecule has 0 aliphatic rings. The fourth-order valence-electron chi connectivity index (χ4n) is 1.87. The molecule has 3 N–H and O–H groups in total. The fraction of sp³-hybridized carbons (Fsp3) is 0.533. The van der Waals surface area contributed by atoms with E-state index >= 15 is 0 Å². The van der Waals surface area contributed by atoms with Crippen molar-refractivity contribution < 1.29 is 14.3 Å². The molecule has 0 aliphatic heterocycles. The molecule has 0 spiro atoms. The highest BCUT2D eigenvalue weighted by molar-refractivity contribution is 7.98. The van der Waals surface area contributed by atoms with Gasteiger partial charge in [-0.3, -0.25) is 4.79 Å². The summed E-state index contributed by atoms with van der Waals surface area (Å²) < 4.78 is 10.4. The summed E-state index contributed by atoms with van der Waals surface area (Å²) in [7, 11) is 3.21. The molecule has 118 valence electrons. The van der Waals surface area contributed by atoms with Crippen molar-refractivity contribution in [3.8, 4) is 11.5 Å². The summed E-state index contributed by atoms with van der Waals surface area (Å²) in [6.45, 7) is 0.557. The minimum absolute atomic E-state index is 0.0930. The van der Waals surface area contributed by atoms with Crippen LogP contribution in [-0.2, 0) is 11.2 Å². The van der Waals surface area contributed by atoms with Gasteiger partial charge >= 0.3 is 0 Å². The van der Waals surface area contributed by atoms with Gasteiger partial charge in [0.25, 0.3) is 0 Å². The van der Waals surface area contributed by atoms with Crippen LogP contribution in [0.1, 0.15) is 12.0 Å². The Labute approximate surface area is 130 Å². The summed E-state index contributed by atoms with van der Waals surface area (Å²) in [6, 6.07) is 5.31. The van der Waals surface area contributed by atoms with Crippen LogP contribution in [0.2, 0.25) is 0 Å². The number of hydrogen-bond acceptors (Lipinski definition) is 5. The van der Waals surface area contributed by atoms with Crippen LogP contribution < -0.4 is 20.5 Å². The Morgan fingerprint density at radius 1 is 1.33 bits per heavy atom. The van der Waals surface area contributed by atoms with Gasteiger partial charge in [0, 0.05) is 6.54 Å². The predicted molar refractivity (Wildman–Crippen MR) is 87.2 cm³/mol. The number of thioether (sulfide) groups is 1. The van der Waals surface area contributed by atoms with Crippen molar-refractivity contribution in [1.82, 2.24) is 5.32 Å². The van der Waals surface area contributed by atoms with Crippen LogP contribution >= 0.6 is 11.8 Å². The first-order valence-corrected chi connectivity index (χ1v) is 8.25. The van der Waals surface area contributed by atoms with Crippen LogP contribution in [0.5, 0.6) is 11.5 Å². The number of ether oxygens (including phenoxy) is 2. The Morgan fingerprint density at radius 2 is 2.05 bits per heavy atom. The molecule has 1 amide bonds. The quantitative estimate of drug-likeness (QED) is 0.722. The van der Waals surface area contributed by atoms with Crippen LogP contribution in [0.4, 0.5) is 0 Å². The highest BCUT2D eigenvalue weighted by Crippen LogP contribution is 2.27. The largest absolute Gasteiger partial charge is 0.493 e. The van der Waals surface area contributed by atoms with Crippen LogP contribution in [0.3, 0.4) is 0 Å². The lowest BCUT2D eigenvalue weighted by atomic mass is 10.1. The molecule has 1 atom stereocenters. The fourth-order valence-corrected chi connectivity index (χ4v) is 2.36. The van der Waals surface area contributed by atoms with Gasteiger partial charge < -0.3 is 20.5 Å². The summed E-state index contributed by atoms with van der Waals surface area (Å²) in [6.07, 6.45) is 3.42.